The summed E-state index contributed by atoms with van der Waals surface area (Å²) in [5.41, 5.74) is 0.575. The van der Waals surface area contributed by atoms with E-state index in [0.717, 1.165) is 0 Å². The number of aromatic nitrogens is 3. The minimum atomic E-state index is -1.35. The second kappa shape index (κ2) is 4.77. The van der Waals surface area contributed by atoms with Crippen LogP contribution in [0.3, 0.4) is 0 Å². The van der Waals surface area contributed by atoms with Crippen molar-refractivity contribution in [1.82, 2.24) is 15.0 Å². The highest BCUT2D eigenvalue weighted by Gasteiger charge is 2.11. The predicted molar refractivity (Wildman–Crippen MR) is 53.5 cm³/mol. The van der Waals surface area contributed by atoms with Gasteiger partial charge in [0.1, 0.15) is 6.33 Å². The smallest absolute Gasteiger partial charge is 0.251 e. The summed E-state index contributed by atoms with van der Waals surface area (Å²) in [4.78, 5) is 10.7. The van der Waals surface area contributed by atoms with Gasteiger partial charge in [-0.3, -0.25) is 0 Å². The van der Waals surface area contributed by atoms with Crippen molar-refractivity contribution < 1.29 is 13.2 Å². The highest BCUT2D eigenvalue weighted by molar-refractivity contribution is 5.36. The van der Waals surface area contributed by atoms with Crippen LogP contribution in [-0.2, 0) is 6.54 Å². The van der Waals surface area contributed by atoms with Gasteiger partial charge in [0.15, 0.2) is 17.5 Å². The van der Waals surface area contributed by atoms with Gasteiger partial charge in [-0.05, 0) is 6.07 Å². The molecular formula is C10H7F3N4. The van der Waals surface area contributed by atoms with Gasteiger partial charge in [-0.1, -0.05) is 0 Å². The lowest BCUT2D eigenvalue weighted by Crippen LogP contribution is -2.07. The van der Waals surface area contributed by atoms with Gasteiger partial charge in [-0.25, -0.2) is 18.7 Å². The summed E-state index contributed by atoms with van der Waals surface area (Å²) in [6.07, 6.45) is 2.84. The van der Waals surface area contributed by atoms with Crippen LogP contribution < -0.4 is 5.32 Å². The SMILES string of the molecule is Fc1cc(F)c(NCc2ccncn2)nc1F. The lowest BCUT2D eigenvalue weighted by atomic mass is 10.4. The van der Waals surface area contributed by atoms with Crippen LogP contribution in [0.1, 0.15) is 5.69 Å². The molecular weight excluding hydrogens is 233 g/mol. The lowest BCUT2D eigenvalue weighted by molar-refractivity contribution is 0.466. The standard InChI is InChI=1S/C10H7F3N4/c11-7-3-8(12)10(17-9(7)13)15-4-6-1-2-14-5-16-6/h1-3,5H,4H2,(H,15,17). The van der Waals surface area contributed by atoms with Crippen LogP contribution in [0.25, 0.3) is 0 Å². The zero-order chi connectivity index (χ0) is 12.3. The monoisotopic (exact) mass is 240 g/mol. The Morgan fingerprint density at radius 1 is 1.18 bits per heavy atom. The van der Waals surface area contributed by atoms with E-state index in [0.29, 0.717) is 11.8 Å². The molecule has 0 saturated heterocycles. The normalized spacial score (nSPS) is 10.3. The van der Waals surface area contributed by atoms with E-state index in [4.69, 9.17) is 0 Å². The summed E-state index contributed by atoms with van der Waals surface area (Å²) in [7, 11) is 0. The topological polar surface area (TPSA) is 50.7 Å². The predicted octanol–water partition coefficient (Wildman–Crippen LogP) is 1.90. The van der Waals surface area contributed by atoms with Gasteiger partial charge in [-0.2, -0.15) is 9.37 Å². The number of rotatable bonds is 3. The van der Waals surface area contributed by atoms with E-state index in [1.165, 1.54) is 12.5 Å². The number of hydrogen-bond donors (Lipinski definition) is 1. The molecule has 2 rings (SSSR count). The molecule has 2 aromatic heterocycles. The molecule has 0 aliphatic heterocycles. The van der Waals surface area contributed by atoms with Crippen molar-refractivity contribution in [3.05, 3.63) is 47.9 Å². The average molecular weight is 240 g/mol. The number of pyridine rings is 1. The molecule has 0 radical (unpaired) electrons. The summed E-state index contributed by atoms with van der Waals surface area (Å²) in [5.74, 6) is -3.99. The second-order valence-electron chi connectivity index (χ2n) is 3.15. The number of hydrogen-bond acceptors (Lipinski definition) is 4. The van der Waals surface area contributed by atoms with Crippen molar-refractivity contribution in [2.24, 2.45) is 0 Å². The summed E-state index contributed by atoms with van der Waals surface area (Å²) in [5, 5.41) is 2.51. The first kappa shape index (κ1) is 11.3. The van der Waals surface area contributed by atoms with Crippen molar-refractivity contribution in [3.63, 3.8) is 0 Å². The molecule has 0 aliphatic rings. The van der Waals surface area contributed by atoms with E-state index < -0.39 is 17.6 Å². The average Bonchev–Trinajstić information content (AvgIpc) is 2.33. The Morgan fingerprint density at radius 3 is 2.71 bits per heavy atom. The maximum atomic E-state index is 13.2. The molecule has 1 N–H and O–H groups in total. The van der Waals surface area contributed by atoms with Crippen molar-refractivity contribution in [1.29, 1.82) is 0 Å². The molecule has 0 fully saturated rings. The Balaban J connectivity index is 2.12. The molecule has 0 unspecified atom stereocenters. The minimum absolute atomic E-state index is 0.136. The van der Waals surface area contributed by atoms with Crippen LogP contribution in [0.15, 0.2) is 24.7 Å². The zero-order valence-electron chi connectivity index (χ0n) is 8.49. The quantitative estimate of drug-likeness (QED) is 0.832. The van der Waals surface area contributed by atoms with Crippen molar-refractivity contribution >= 4 is 5.82 Å². The number of nitrogens with zero attached hydrogens (tertiary/aromatic N) is 3. The summed E-state index contributed by atoms with van der Waals surface area (Å²) >= 11 is 0. The van der Waals surface area contributed by atoms with Gasteiger partial charge in [0.25, 0.3) is 5.95 Å². The maximum absolute atomic E-state index is 13.2. The van der Waals surface area contributed by atoms with Gasteiger partial charge in [0, 0.05) is 12.3 Å². The van der Waals surface area contributed by atoms with E-state index in [1.54, 1.807) is 6.07 Å². The van der Waals surface area contributed by atoms with Crippen LogP contribution in [-0.4, -0.2) is 15.0 Å². The fraction of sp³-hybridized carbons (Fsp3) is 0.100. The Labute approximate surface area is 94.6 Å². The first-order valence-electron chi connectivity index (χ1n) is 4.67. The van der Waals surface area contributed by atoms with Crippen LogP contribution in [0.5, 0.6) is 0 Å². The van der Waals surface area contributed by atoms with Gasteiger partial charge in [-0.15, -0.1) is 0 Å². The molecule has 17 heavy (non-hydrogen) atoms. The van der Waals surface area contributed by atoms with Crippen LogP contribution in [0.2, 0.25) is 0 Å². The Morgan fingerprint density at radius 2 is 2.00 bits per heavy atom. The largest absolute Gasteiger partial charge is 0.362 e. The number of anilines is 1. The lowest BCUT2D eigenvalue weighted by Gasteiger charge is -2.06. The Bertz CT molecular complexity index is 518. The third-order valence-corrected chi connectivity index (χ3v) is 1.97. The molecule has 0 aromatic carbocycles. The van der Waals surface area contributed by atoms with E-state index in [-0.39, 0.29) is 12.4 Å². The first-order chi connectivity index (χ1) is 8.16. The van der Waals surface area contributed by atoms with Crippen molar-refractivity contribution in [2.45, 2.75) is 6.54 Å². The van der Waals surface area contributed by atoms with E-state index in [9.17, 15) is 13.2 Å². The molecule has 0 saturated carbocycles. The molecule has 0 aliphatic carbocycles. The maximum Gasteiger partial charge on any atom is 0.251 e. The molecule has 7 heteroatoms. The molecule has 0 atom stereocenters. The minimum Gasteiger partial charge on any atom is -0.362 e. The third-order valence-electron chi connectivity index (χ3n) is 1.97. The Kier molecular flexibility index (Phi) is 3.17. The highest BCUT2D eigenvalue weighted by Crippen LogP contribution is 2.14. The fourth-order valence-corrected chi connectivity index (χ4v) is 1.17. The molecule has 2 aromatic rings. The summed E-state index contributed by atoms with van der Waals surface area (Å²) in [6.45, 7) is 0.136. The van der Waals surface area contributed by atoms with Gasteiger partial charge >= 0.3 is 0 Å². The van der Waals surface area contributed by atoms with E-state index in [1.807, 2.05) is 0 Å². The summed E-state index contributed by atoms with van der Waals surface area (Å²) in [6, 6.07) is 2.04. The van der Waals surface area contributed by atoms with E-state index in [2.05, 4.69) is 20.3 Å². The van der Waals surface area contributed by atoms with Crippen LogP contribution in [0.4, 0.5) is 19.0 Å². The van der Waals surface area contributed by atoms with Crippen LogP contribution >= 0.6 is 0 Å². The molecule has 0 bridgehead atoms. The van der Waals surface area contributed by atoms with Gasteiger partial charge in [0.05, 0.1) is 12.2 Å². The summed E-state index contributed by atoms with van der Waals surface area (Å²) < 4.78 is 38.5. The highest BCUT2D eigenvalue weighted by atomic mass is 19.2. The van der Waals surface area contributed by atoms with Crippen molar-refractivity contribution in [2.75, 3.05) is 5.32 Å². The zero-order valence-corrected chi connectivity index (χ0v) is 8.49. The second-order valence-corrected chi connectivity index (χ2v) is 3.15. The molecule has 2 heterocycles. The van der Waals surface area contributed by atoms with Crippen LogP contribution in [0, 0.1) is 17.6 Å². The Hall–Kier alpha value is -2.18. The molecule has 0 spiro atoms. The molecule has 88 valence electrons. The molecule has 0 amide bonds. The fourth-order valence-electron chi connectivity index (χ4n) is 1.17. The molecule has 4 nitrogen and oxygen atoms in total. The van der Waals surface area contributed by atoms with Gasteiger partial charge < -0.3 is 5.32 Å². The van der Waals surface area contributed by atoms with Gasteiger partial charge in [0.2, 0.25) is 0 Å². The third kappa shape index (κ3) is 2.68. The first-order valence-corrected chi connectivity index (χ1v) is 4.67. The number of halogens is 3. The van der Waals surface area contributed by atoms with E-state index >= 15 is 0 Å². The van der Waals surface area contributed by atoms with Crippen molar-refractivity contribution in [3.8, 4) is 0 Å². The number of nitrogens with one attached hydrogen (secondary N) is 1.